The van der Waals surface area contributed by atoms with Crippen LogP contribution in [0.15, 0.2) is 72.9 Å². The summed E-state index contributed by atoms with van der Waals surface area (Å²) in [6.45, 7) is 6.54. The quantitative estimate of drug-likeness (QED) is 0.0262. The summed E-state index contributed by atoms with van der Waals surface area (Å²) in [5, 5.41) is 0. The molecule has 0 aliphatic carbocycles. The molecule has 6 nitrogen and oxygen atoms in total. The molecule has 0 heterocycles. The van der Waals surface area contributed by atoms with Crippen LogP contribution in [0, 0.1) is 0 Å². The number of hydrogen-bond donors (Lipinski definition) is 0. The maximum absolute atomic E-state index is 12.8. The van der Waals surface area contributed by atoms with Crippen molar-refractivity contribution in [3.05, 3.63) is 72.9 Å². The van der Waals surface area contributed by atoms with Crippen molar-refractivity contribution in [2.45, 2.75) is 258 Å². The van der Waals surface area contributed by atoms with Crippen molar-refractivity contribution in [2.24, 2.45) is 0 Å². The third-order valence-electron chi connectivity index (χ3n) is 11.2. The zero-order valence-electron chi connectivity index (χ0n) is 41.3. The molecule has 1 atom stereocenters. The van der Waals surface area contributed by atoms with E-state index >= 15 is 0 Å². The van der Waals surface area contributed by atoms with E-state index in [1.54, 1.807) is 0 Å². The minimum absolute atomic E-state index is 0.0916. The van der Waals surface area contributed by atoms with E-state index in [9.17, 15) is 14.4 Å². The largest absolute Gasteiger partial charge is 0.462 e. The van der Waals surface area contributed by atoms with Crippen LogP contribution in [0.25, 0.3) is 0 Å². The first-order valence-corrected chi connectivity index (χ1v) is 26.4. The van der Waals surface area contributed by atoms with Crippen molar-refractivity contribution in [2.75, 3.05) is 13.2 Å². The average Bonchev–Trinajstić information content (AvgIpc) is 3.28. The van der Waals surface area contributed by atoms with Gasteiger partial charge in [0.2, 0.25) is 0 Å². The van der Waals surface area contributed by atoms with Crippen molar-refractivity contribution in [1.82, 2.24) is 0 Å². The van der Waals surface area contributed by atoms with Gasteiger partial charge in [-0.05, 0) is 96.3 Å². The SMILES string of the molecule is CCCCC/C=C\C/C=C\C/C=C\C/C=C\CCCCCC(=O)O[C@H](COC(=O)CCCCCCC/C=C\C/C=C\CCCCC)COC(=O)CCCCCCCCCCCCC. The Kier molecular flexibility index (Phi) is 48.9. The van der Waals surface area contributed by atoms with Crippen LogP contribution in [-0.4, -0.2) is 37.2 Å². The lowest BCUT2D eigenvalue weighted by atomic mass is 10.1. The fraction of sp³-hybridized carbons (Fsp3) is 0.737. The summed E-state index contributed by atoms with van der Waals surface area (Å²) in [6, 6.07) is 0. The number of unbranched alkanes of at least 4 members (excludes halogenated alkanes) is 24. The zero-order valence-corrected chi connectivity index (χ0v) is 41.3. The maximum Gasteiger partial charge on any atom is 0.306 e. The van der Waals surface area contributed by atoms with E-state index in [1.807, 2.05) is 0 Å². The Balaban J connectivity index is 4.45. The molecule has 0 amide bonds. The Morgan fingerprint density at radius 2 is 0.571 bits per heavy atom. The second kappa shape index (κ2) is 51.5. The van der Waals surface area contributed by atoms with E-state index in [4.69, 9.17) is 14.2 Å². The molecule has 0 aliphatic rings. The molecule has 0 aliphatic heterocycles. The minimum atomic E-state index is -0.795. The summed E-state index contributed by atoms with van der Waals surface area (Å²) < 4.78 is 16.8. The summed E-state index contributed by atoms with van der Waals surface area (Å²) in [4.78, 5) is 38.0. The van der Waals surface area contributed by atoms with Gasteiger partial charge in [-0.25, -0.2) is 0 Å². The predicted octanol–water partition coefficient (Wildman–Crippen LogP) is 17.4. The molecule has 362 valence electrons. The molecule has 0 unspecified atom stereocenters. The van der Waals surface area contributed by atoms with Crippen LogP contribution < -0.4 is 0 Å². The van der Waals surface area contributed by atoms with Gasteiger partial charge >= 0.3 is 17.9 Å². The van der Waals surface area contributed by atoms with Gasteiger partial charge < -0.3 is 14.2 Å². The normalized spacial score (nSPS) is 12.6. The third-order valence-corrected chi connectivity index (χ3v) is 11.2. The van der Waals surface area contributed by atoms with Crippen LogP contribution in [0.2, 0.25) is 0 Å². The molecule has 0 saturated heterocycles. The number of allylic oxidation sites excluding steroid dienone is 12. The van der Waals surface area contributed by atoms with Crippen molar-refractivity contribution in [3.8, 4) is 0 Å². The lowest BCUT2D eigenvalue weighted by molar-refractivity contribution is -0.167. The molecule has 0 rings (SSSR count). The molecule has 0 spiro atoms. The smallest absolute Gasteiger partial charge is 0.306 e. The van der Waals surface area contributed by atoms with Gasteiger partial charge in [0.05, 0.1) is 0 Å². The van der Waals surface area contributed by atoms with Gasteiger partial charge in [-0.2, -0.15) is 0 Å². The molecular formula is C57H98O6. The Labute approximate surface area is 389 Å². The van der Waals surface area contributed by atoms with Crippen LogP contribution in [-0.2, 0) is 28.6 Å². The van der Waals surface area contributed by atoms with E-state index in [2.05, 4.69) is 93.7 Å². The van der Waals surface area contributed by atoms with Gasteiger partial charge in [0.15, 0.2) is 6.10 Å². The fourth-order valence-electron chi connectivity index (χ4n) is 7.16. The molecule has 0 radical (unpaired) electrons. The van der Waals surface area contributed by atoms with E-state index in [1.165, 1.54) is 103 Å². The molecule has 0 aromatic heterocycles. The van der Waals surface area contributed by atoms with Crippen LogP contribution in [0.3, 0.4) is 0 Å². The van der Waals surface area contributed by atoms with Crippen molar-refractivity contribution >= 4 is 17.9 Å². The van der Waals surface area contributed by atoms with Gasteiger partial charge in [0.1, 0.15) is 13.2 Å². The molecule has 0 aromatic rings. The Bertz CT molecular complexity index is 1190. The standard InChI is InChI=1S/C57H98O6/c1-4-7-10-13-16-19-22-24-26-27-28-29-31-33-36-39-42-45-48-51-57(60)63-54(52-61-55(58)49-46-43-40-37-34-21-18-15-12-9-6-3)53-62-56(59)50-47-44-41-38-35-32-30-25-23-20-17-14-11-8-5-2/h16-17,19-20,24-26,28-30,33,36,54H,4-15,18,21-23,27,31-32,34-35,37-53H2,1-3H3/b19-16-,20-17-,26-24-,29-28-,30-25-,36-33-/t54-/m0/s1. The van der Waals surface area contributed by atoms with Crippen LogP contribution in [0.4, 0.5) is 0 Å². The summed E-state index contributed by atoms with van der Waals surface area (Å²) in [7, 11) is 0. The molecule has 0 N–H and O–H groups in total. The van der Waals surface area contributed by atoms with Gasteiger partial charge in [-0.3, -0.25) is 14.4 Å². The molecule has 0 bridgehead atoms. The lowest BCUT2D eigenvalue weighted by Crippen LogP contribution is -2.30. The minimum Gasteiger partial charge on any atom is -0.462 e. The first-order valence-electron chi connectivity index (χ1n) is 26.4. The summed E-state index contributed by atoms with van der Waals surface area (Å²) in [5.74, 6) is -0.935. The highest BCUT2D eigenvalue weighted by molar-refractivity contribution is 5.71. The molecule has 0 fully saturated rings. The molecular weight excluding hydrogens is 781 g/mol. The predicted molar refractivity (Wildman–Crippen MR) is 270 cm³/mol. The first kappa shape index (κ1) is 59.9. The number of rotatable bonds is 47. The highest BCUT2D eigenvalue weighted by atomic mass is 16.6. The number of esters is 3. The number of carbonyl (C=O) groups is 3. The van der Waals surface area contributed by atoms with Gasteiger partial charge in [0, 0.05) is 19.3 Å². The van der Waals surface area contributed by atoms with Crippen LogP contribution >= 0.6 is 0 Å². The highest BCUT2D eigenvalue weighted by Gasteiger charge is 2.19. The molecule has 0 aromatic carbocycles. The lowest BCUT2D eigenvalue weighted by Gasteiger charge is -2.18. The number of ether oxygens (including phenoxy) is 3. The third kappa shape index (κ3) is 49.7. The Hall–Kier alpha value is -3.15. The van der Waals surface area contributed by atoms with Gasteiger partial charge in [0.25, 0.3) is 0 Å². The van der Waals surface area contributed by atoms with Gasteiger partial charge in [-0.1, -0.05) is 209 Å². The van der Waals surface area contributed by atoms with E-state index in [-0.39, 0.29) is 37.5 Å². The van der Waals surface area contributed by atoms with Crippen LogP contribution in [0.1, 0.15) is 252 Å². The highest BCUT2D eigenvalue weighted by Crippen LogP contribution is 2.14. The molecule has 6 heteroatoms. The van der Waals surface area contributed by atoms with E-state index < -0.39 is 6.10 Å². The summed E-state index contributed by atoms with van der Waals surface area (Å²) in [5.41, 5.74) is 0. The summed E-state index contributed by atoms with van der Waals surface area (Å²) >= 11 is 0. The Morgan fingerprint density at radius 3 is 0.937 bits per heavy atom. The average molecular weight is 879 g/mol. The van der Waals surface area contributed by atoms with Crippen LogP contribution in [0.5, 0.6) is 0 Å². The van der Waals surface area contributed by atoms with E-state index in [0.29, 0.717) is 12.8 Å². The van der Waals surface area contributed by atoms with Gasteiger partial charge in [-0.15, -0.1) is 0 Å². The topological polar surface area (TPSA) is 78.9 Å². The number of hydrogen-bond acceptors (Lipinski definition) is 6. The summed E-state index contributed by atoms with van der Waals surface area (Å²) in [6.07, 6.45) is 64.5. The van der Waals surface area contributed by atoms with Crippen molar-refractivity contribution < 1.29 is 28.6 Å². The molecule has 0 saturated carbocycles. The molecule has 63 heavy (non-hydrogen) atoms. The maximum atomic E-state index is 12.8. The number of carbonyl (C=O) groups excluding carboxylic acids is 3. The zero-order chi connectivity index (χ0) is 45.8. The second-order valence-corrected chi connectivity index (χ2v) is 17.4. The first-order chi connectivity index (χ1) is 31.0. The monoisotopic (exact) mass is 879 g/mol. The van der Waals surface area contributed by atoms with E-state index in [0.717, 1.165) is 109 Å². The van der Waals surface area contributed by atoms with Crippen molar-refractivity contribution in [3.63, 3.8) is 0 Å². The second-order valence-electron chi connectivity index (χ2n) is 17.4. The Morgan fingerprint density at radius 1 is 0.317 bits per heavy atom. The fourth-order valence-corrected chi connectivity index (χ4v) is 7.16. The van der Waals surface area contributed by atoms with Crippen molar-refractivity contribution in [1.29, 1.82) is 0 Å².